The van der Waals surface area contributed by atoms with Crippen LogP contribution < -0.4 is 5.32 Å². The summed E-state index contributed by atoms with van der Waals surface area (Å²) in [5.41, 5.74) is 1.92. The number of anilines is 1. The second-order valence-corrected chi connectivity index (χ2v) is 5.85. The third-order valence-corrected chi connectivity index (χ3v) is 3.74. The van der Waals surface area contributed by atoms with Crippen molar-refractivity contribution in [3.05, 3.63) is 53.1 Å². The van der Waals surface area contributed by atoms with Gasteiger partial charge in [0.1, 0.15) is 0 Å². The summed E-state index contributed by atoms with van der Waals surface area (Å²) in [6.07, 6.45) is 0. The number of aromatic nitrogens is 4. The van der Waals surface area contributed by atoms with Gasteiger partial charge in [-0.2, -0.15) is 4.98 Å². The minimum absolute atomic E-state index is 0.184. The van der Waals surface area contributed by atoms with Gasteiger partial charge in [-0.3, -0.25) is 4.79 Å². The topological polar surface area (TPSA) is 125 Å². The Bertz CT molecular complexity index is 1080. The number of aryl methyl sites for hydroxylation is 2. The lowest BCUT2D eigenvalue weighted by molar-refractivity contribution is -0.119. The van der Waals surface area contributed by atoms with Crippen molar-refractivity contribution < 1.29 is 23.9 Å². The van der Waals surface area contributed by atoms with Gasteiger partial charge in [0.05, 0.1) is 18.4 Å². The van der Waals surface area contributed by atoms with Crippen LogP contribution in [0.15, 0.2) is 30.3 Å². The fourth-order valence-corrected chi connectivity index (χ4v) is 2.51. The molecule has 0 unspecified atom stereocenters. The van der Waals surface area contributed by atoms with E-state index in [2.05, 4.69) is 25.1 Å². The number of ether oxygens (including phenoxy) is 2. The second kappa shape index (κ2) is 7.82. The highest BCUT2D eigenvalue weighted by Gasteiger charge is 2.19. The number of rotatable bonds is 5. The molecule has 0 aliphatic carbocycles. The molecular weight excluding hydrogens is 366 g/mol. The van der Waals surface area contributed by atoms with Crippen molar-refractivity contribution in [1.29, 1.82) is 0 Å². The Balaban J connectivity index is 1.66. The fourth-order valence-electron chi connectivity index (χ4n) is 2.51. The molecule has 0 spiro atoms. The summed E-state index contributed by atoms with van der Waals surface area (Å²) in [6, 6.07) is 8.11. The van der Waals surface area contributed by atoms with E-state index in [-0.39, 0.29) is 22.9 Å². The standard InChI is InChI=1S/C18H17N5O5/c1-10-8-11(2)23-18(19-10)21-15(22-23)17(26)28-9-14(24)20-13-7-5-4-6-12(13)16(25)27-3/h4-8H,9H2,1-3H3,(H,20,24). The molecule has 0 bridgehead atoms. The number of hydrogen-bond donors (Lipinski definition) is 1. The third kappa shape index (κ3) is 3.95. The highest BCUT2D eigenvalue weighted by Crippen LogP contribution is 2.16. The Morgan fingerprint density at radius 3 is 2.61 bits per heavy atom. The number of hydrogen-bond acceptors (Lipinski definition) is 8. The molecule has 1 aromatic carbocycles. The van der Waals surface area contributed by atoms with Crippen LogP contribution >= 0.6 is 0 Å². The predicted octanol–water partition coefficient (Wildman–Crippen LogP) is 1.32. The molecule has 0 fully saturated rings. The normalized spacial score (nSPS) is 10.5. The van der Waals surface area contributed by atoms with Gasteiger partial charge in [0.15, 0.2) is 6.61 Å². The van der Waals surface area contributed by atoms with Gasteiger partial charge in [-0.05, 0) is 32.0 Å². The maximum absolute atomic E-state index is 12.1. The Kier molecular flexibility index (Phi) is 5.30. The van der Waals surface area contributed by atoms with Gasteiger partial charge in [-0.25, -0.2) is 19.1 Å². The van der Waals surface area contributed by atoms with Crippen LogP contribution in [0.1, 0.15) is 32.4 Å². The van der Waals surface area contributed by atoms with Crippen molar-refractivity contribution in [3.63, 3.8) is 0 Å². The molecule has 144 valence electrons. The Morgan fingerprint density at radius 1 is 1.11 bits per heavy atom. The highest BCUT2D eigenvalue weighted by molar-refractivity contribution is 6.02. The molecule has 0 aliphatic heterocycles. The molecule has 0 saturated heterocycles. The van der Waals surface area contributed by atoms with Crippen molar-refractivity contribution in [2.24, 2.45) is 0 Å². The summed E-state index contributed by atoms with van der Waals surface area (Å²) in [6.45, 7) is 3.03. The van der Waals surface area contributed by atoms with E-state index in [0.29, 0.717) is 0 Å². The van der Waals surface area contributed by atoms with Gasteiger partial charge in [0.2, 0.25) is 0 Å². The first-order valence-electron chi connectivity index (χ1n) is 8.24. The monoisotopic (exact) mass is 383 g/mol. The molecule has 0 radical (unpaired) electrons. The van der Waals surface area contributed by atoms with Crippen LogP contribution in [0, 0.1) is 13.8 Å². The van der Waals surface area contributed by atoms with Crippen LogP contribution in [0.3, 0.4) is 0 Å². The van der Waals surface area contributed by atoms with Gasteiger partial charge in [0, 0.05) is 11.4 Å². The lowest BCUT2D eigenvalue weighted by Crippen LogP contribution is -2.22. The van der Waals surface area contributed by atoms with Crippen molar-refractivity contribution in [3.8, 4) is 0 Å². The minimum atomic E-state index is -0.862. The lowest BCUT2D eigenvalue weighted by atomic mass is 10.2. The van der Waals surface area contributed by atoms with E-state index in [1.807, 2.05) is 0 Å². The molecule has 3 rings (SSSR count). The molecule has 2 aromatic heterocycles. The number of nitrogens with zero attached hydrogens (tertiary/aromatic N) is 4. The number of fused-ring (bicyclic) bond motifs is 1. The Hall–Kier alpha value is -3.82. The van der Waals surface area contributed by atoms with Gasteiger partial charge in [-0.15, -0.1) is 5.10 Å². The van der Waals surface area contributed by atoms with Crippen LogP contribution in [0.5, 0.6) is 0 Å². The van der Waals surface area contributed by atoms with Gasteiger partial charge < -0.3 is 14.8 Å². The minimum Gasteiger partial charge on any atom is -0.465 e. The van der Waals surface area contributed by atoms with Crippen LogP contribution in [0.2, 0.25) is 0 Å². The molecule has 1 amide bonds. The maximum atomic E-state index is 12.1. The molecule has 0 aliphatic rings. The SMILES string of the molecule is COC(=O)c1ccccc1NC(=O)COC(=O)c1nc2nc(C)cc(C)n2n1. The Morgan fingerprint density at radius 2 is 1.86 bits per heavy atom. The largest absolute Gasteiger partial charge is 0.465 e. The lowest BCUT2D eigenvalue weighted by Gasteiger charge is -2.09. The zero-order valence-electron chi connectivity index (χ0n) is 15.4. The molecular formula is C18H17N5O5. The summed E-state index contributed by atoms with van der Waals surface area (Å²) in [4.78, 5) is 44.2. The van der Waals surface area contributed by atoms with E-state index in [1.54, 1.807) is 32.0 Å². The number of carbonyl (C=O) groups is 3. The van der Waals surface area contributed by atoms with E-state index >= 15 is 0 Å². The number of esters is 2. The summed E-state index contributed by atoms with van der Waals surface area (Å²) < 4.78 is 11.0. The molecule has 0 saturated carbocycles. The second-order valence-electron chi connectivity index (χ2n) is 5.85. The zero-order valence-corrected chi connectivity index (χ0v) is 15.4. The van der Waals surface area contributed by atoms with Gasteiger partial charge in [-0.1, -0.05) is 12.1 Å². The van der Waals surface area contributed by atoms with E-state index in [0.717, 1.165) is 11.4 Å². The quantitative estimate of drug-likeness (QED) is 0.654. The highest BCUT2D eigenvalue weighted by atomic mass is 16.5. The van der Waals surface area contributed by atoms with Crippen molar-refractivity contribution in [2.75, 3.05) is 19.0 Å². The van der Waals surface area contributed by atoms with E-state index in [1.165, 1.54) is 23.8 Å². The predicted molar refractivity (Wildman–Crippen MR) is 96.9 cm³/mol. The van der Waals surface area contributed by atoms with Crippen molar-refractivity contribution >= 4 is 29.3 Å². The van der Waals surface area contributed by atoms with E-state index in [9.17, 15) is 14.4 Å². The van der Waals surface area contributed by atoms with Crippen LogP contribution in [-0.4, -0.2) is 51.1 Å². The molecule has 3 aromatic rings. The fraction of sp³-hybridized carbons (Fsp3) is 0.222. The first kappa shape index (κ1) is 19.0. The number of para-hydroxylation sites is 1. The molecule has 1 N–H and O–H groups in total. The smallest absolute Gasteiger partial charge is 0.378 e. The average molecular weight is 383 g/mol. The zero-order chi connectivity index (χ0) is 20.3. The summed E-state index contributed by atoms with van der Waals surface area (Å²) in [5.74, 6) is -2.03. The number of nitrogens with one attached hydrogen (secondary N) is 1. The van der Waals surface area contributed by atoms with Crippen LogP contribution in [0.4, 0.5) is 5.69 Å². The number of benzene rings is 1. The molecule has 10 heteroatoms. The summed E-state index contributed by atoms with van der Waals surface area (Å²) in [5, 5.41) is 6.54. The molecule has 28 heavy (non-hydrogen) atoms. The summed E-state index contributed by atoms with van der Waals surface area (Å²) >= 11 is 0. The third-order valence-electron chi connectivity index (χ3n) is 3.74. The molecule has 2 heterocycles. The van der Waals surface area contributed by atoms with E-state index in [4.69, 9.17) is 4.74 Å². The van der Waals surface area contributed by atoms with Gasteiger partial charge in [0.25, 0.3) is 17.5 Å². The maximum Gasteiger partial charge on any atom is 0.378 e. The van der Waals surface area contributed by atoms with E-state index < -0.39 is 24.5 Å². The van der Waals surface area contributed by atoms with Crippen LogP contribution in [0.25, 0.3) is 5.78 Å². The first-order chi connectivity index (χ1) is 13.4. The van der Waals surface area contributed by atoms with Gasteiger partial charge >= 0.3 is 11.9 Å². The number of methoxy groups -OCH3 is 1. The molecule has 0 atom stereocenters. The average Bonchev–Trinajstić information content (AvgIpc) is 3.10. The van der Waals surface area contributed by atoms with Crippen molar-refractivity contribution in [2.45, 2.75) is 13.8 Å². The summed E-state index contributed by atoms with van der Waals surface area (Å²) in [7, 11) is 1.24. The number of carbonyl (C=O) groups excluding carboxylic acids is 3. The molecule has 10 nitrogen and oxygen atoms in total. The van der Waals surface area contributed by atoms with Crippen LogP contribution in [-0.2, 0) is 14.3 Å². The first-order valence-corrected chi connectivity index (χ1v) is 8.24. The van der Waals surface area contributed by atoms with Crippen molar-refractivity contribution in [1.82, 2.24) is 19.6 Å². The Labute approximate surface area is 159 Å². The number of amides is 1.